The van der Waals surface area contributed by atoms with E-state index < -0.39 is 35.0 Å². The minimum absolute atomic E-state index is 0.0425. The number of hydrogen-bond acceptors (Lipinski definition) is 4. The summed E-state index contributed by atoms with van der Waals surface area (Å²) >= 11 is 18.7. The van der Waals surface area contributed by atoms with E-state index >= 15 is 0 Å². The van der Waals surface area contributed by atoms with Gasteiger partial charge in [-0.1, -0.05) is 84.4 Å². The van der Waals surface area contributed by atoms with Crippen LogP contribution in [0.5, 0.6) is 0 Å². The highest BCUT2D eigenvalue weighted by molar-refractivity contribution is 6.42. The Balaban J connectivity index is 1.36. The number of nitrogens with one attached hydrogen (secondary N) is 2. The van der Waals surface area contributed by atoms with Gasteiger partial charge < -0.3 is 20.3 Å². The quantitative estimate of drug-likeness (QED) is 0.411. The van der Waals surface area contributed by atoms with E-state index in [1.165, 1.54) is 0 Å². The van der Waals surface area contributed by atoms with Crippen LogP contribution in [-0.4, -0.2) is 45.9 Å². The largest absolute Gasteiger partial charge is 0.356 e. The fourth-order valence-electron chi connectivity index (χ4n) is 6.93. The minimum atomic E-state index is -1.29. The van der Waals surface area contributed by atoms with Gasteiger partial charge in [-0.05, 0) is 49.6 Å². The Kier molecular flexibility index (Phi) is 7.14. The molecule has 1 saturated carbocycles. The molecule has 5 atom stereocenters. The van der Waals surface area contributed by atoms with Gasteiger partial charge in [-0.15, -0.1) is 0 Å². The second kappa shape index (κ2) is 10.4. The van der Waals surface area contributed by atoms with Crippen LogP contribution in [0.2, 0.25) is 15.1 Å². The molecule has 1 aliphatic carbocycles. The average Bonchev–Trinajstić information content (AvgIpc) is 3.49. The predicted octanol–water partition coefficient (Wildman–Crippen LogP) is 5.78. The van der Waals surface area contributed by atoms with Crippen LogP contribution in [0.3, 0.4) is 0 Å². The Bertz CT molecular complexity index is 1410. The summed E-state index contributed by atoms with van der Waals surface area (Å²) in [5.74, 6) is -2.74. The molecule has 3 aliphatic heterocycles. The monoisotopic (exact) mass is 601 g/mol. The Morgan fingerprint density at radius 3 is 2.45 bits per heavy atom. The van der Waals surface area contributed by atoms with Gasteiger partial charge in [-0.2, -0.15) is 0 Å². The average molecular weight is 603 g/mol. The third-order valence-corrected chi connectivity index (χ3v) is 9.87. The Morgan fingerprint density at radius 2 is 1.73 bits per heavy atom. The van der Waals surface area contributed by atoms with Gasteiger partial charge in [0.1, 0.15) is 11.6 Å². The topological polar surface area (TPSA) is 87.7 Å². The number of amides is 3. The molecule has 6 rings (SSSR count). The van der Waals surface area contributed by atoms with Crippen molar-refractivity contribution < 1.29 is 19.1 Å². The van der Waals surface area contributed by atoms with Crippen molar-refractivity contribution >= 4 is 58.2 Å². The van der Waals surface area contributed by atoms with E-state index in [4.69, 9.17) is 39.5 Å². The van der Waals surface area contributed by atoms with Crippen LogP contribution >= 0.6 is 34.8 Å². The maximum Gasteiger partial charge on any atom is 0.246 e. The molecule has 0 aromatic heterocycles. The van der Waals surface area contributed by atoms with Crippen molar-refractivity contribution in [1.82, 2.24) is 10.2 Å². The van der Waals surface area contributed by atoms with Gasteiger partial charge in [0.2, 0.25) is 17.7 Å². The molecule has 2 bridgehead atoms. The van der Waals surface area contributed by atoms with Crippen LogP contribution in [0, 0.1) is 11.8 Å². The first-order valence-electron chi connectivity index (χ1n) is 13.6. The molecular formula is C30H30Cl3N3O4. The molecule has 2 N–H and O–H groups in total. The Labute approximate surface area is 248 Å². The fraction of sp³-hybridized carbons (Fsp3) is 0.433. The first-order valence-corrected chi connectivity index (χ1v) is 14.8. The van der Waals surface area contributed by atoms with Crippen molar-refractivity contribution in [2.75, 3.05) is 5.32 Å². The van der Waals surface area contributed by atoms with E-state index in [1.807, 2.05) is 30.4 Å². The van der Waals surface area contributed by atoms with Crippen LogP contribution < -0.4 is 10.6 Å². The maximum atomic E-state index is 14.3. The van der Waals surface area contributed by atoms with Crippen LogP contribution in [0.4, 0.5) is 5.69 Å². The van der Waals surface area contributed by atoms with E-state index in [9.17, 15) is 14.4 Å². The summed E-state index contributed by atoms with van der Waals surface area (Å²) in [6.07, 6.45) is 8.69. The molecule has 4 aliphatic rings. The lowest BCUT2D eigenvalue weighted by molar-refractivity contribution is -0.145. The first-order chi connectivity index (χ1) is 19.1. The fourth-order valence-corrected chi connectivity index (χ4v) is 7.42. The molecule has 210 valence electrons. The molecule has 7 nitrogen and oxygen atoms in total. The van der Waals surface area contributed by atoms with Crippen LogP contribution in [0.15, 0.2) is 54.6 Å². The highest BCUT2D eigenvalue weighted by Crippen LogP contribution is 2.60. The van der Waals surface area contributed by atoms with Crippen molar-refractivity contribution in [3.05, 3.63) is 75.2 Å². The molecule has 2 saturated heterocycles. The van der Waals surface area contributed by atoms with E-state index in [1.54, 1.807) is 36.1 Å². The number of hydrogen-bond donors (Lipinski definition) is 2. The number of benzene rings is 2. The number of rotatable bonds is 6. The molecule has 1 spiro atoms. The highest BCUT2D eigenvalue weighted by atomic mass is 35.5. The summed E-state index contributed by atoms with van der Waals surface area (Å²) in [4.78, 5) is 43.7. The van der Waals surface area contributed by atoms with Crippen molar-refractivity contribution in [3.8, 4) is 0 Å². The third-order valence-electron chi connectivity index (χ3n) is 8.76. The number of ether oxygens (including phenoxy) is 1. The second-order valence-corrected chi connectivity index (χ2v) is 12.6. The van der Waals surface area contributed by atoms with Crippen molar-refractivity contribution in [3.63, 3.8) is 0 Å². The van der Waals surface area contributed by atoms with E-state index in [2.05, 4.69) is 10.6 Å². The van der Waals surface area contributed by atoms with Gasteiger partial charge in [-0.25, -0.2) is 0 Å². The van der Waals surface area contributed by atoms with Gasteiger partial charge in [0.15, 0.2) is 0 Å². The van der Waals surface area contributed by atoms with Gasteiger partial charge in [0, 0.05) is 23.3 Å². The van der Waals surface area contributed by atoms with Crippen LogP contribution in [-0.2, 0) is 25.7 Å². The number of nitrogens with zero attached hydrogens (tertiary/aromatic N) is 1. The lowest BCUT2D eigenvalue weighted by atomic mass is 9.70. The van der Waals surface area contributed by atoms with Gasteiger partial charge in [0.05, 0.1) is 27.5 Å². The predicted molar refractivity (Wildman–Crippen MR) is 154 cm³/mol. The summed E-state index contributed by atoms with van der Waals surface area (Å²) in [5.41, 5.74) is -1.19. The number of halogens is 3. The lowest BCUT2D eigenvalue weighted by Gasteiger charge is -2.34. The SMILES string of the molecule is C[C@]12C=C[C@]3(O1)[C@@H](C(=O)N(Cc1ccccc1Cl)[C@@H]3C(=O)NC1CCCCC1)[C@@H]2C(=O)Nc1ccc(Cl)c(Cl)c1. The molecule has 3 amide bonds. The van der Waals surface area contributed by atoms with E-state index in [0.29, 0.717) is 26.3 Å². The highest BCUT2D eigenvalue weighted by Gasteiger charge is 2.76. The van der Waals surface area contributed by atoms with Crippen LogP contribution in [0.1, 0.15) is 44.6 Å². The zero-order chi connectivity index (χ0) is 28.2. The van der Waals surface area contributed by atoms with Crippen molar-refractivity contribution in [2.24, 2.45) is 11.8 Å². The van der Waals surface area contributed by atoms with Crippen molar-refractivity contribution in [1.29, 1.82) is 0 Å². The lowest BCUT2D eigenvalue weighted by Crippen LogP contribution is -2.56. The Morgan fingerprint density at radius 1 is 0.975 bits per heavy atom. The number of anilines is 1. The standard InChI is InChI=1S/C30H30Cl3N3O4/c1-29-13-14-30(40-29)24(23(29)26(37)35-19-11-12-21(32)22(33)15-19)28(39)36(16-17-7-5-6-10-20(17)31)25(30)27(38)34-18-8-3-2-4-9-18/h5-7,10-15,18,23-25H,2-4,8-9,16H2,1H3,(H,34,38)(H,35,37)/t23-,24-,25-,29-,30+/m1/s1. The molecule has 40 heavy (non-hydrogen) atoms. The molecular weight excluding hydrogens is 573 g/mol. The maximum absolute atomic E-state index is 14.3. The van der Waals surface area contributed by atoms with Gasteiger partial charge >= 0.3 is 0 Å². The molecule has 2 aromatic carbocycles. The van der Waals surface area contributed by atoms with E-state index in [0.717, 1.165) is 32.1 Å². The molecule has 10 heteroatoms. The minimum Gasteiger partial charge on any atom is -0.356 e. The third kappa shape index (κ3) is 4.51. The molecule has 0 radical (unpaired) electrons. The second-order valence-electron chi connectivity index (χ2n) is 11.3. The van der Waals surface area contributed by atoms with Gasteiger partial charge in [0.25, 0.3) is 0 Å². The molecule has 3 heterocycles. The Hall–Kier alpha value is -2.58. The summed E-state index contributed by atoms with van der Waals surface area (Å²) < 4.78 is 6.60. The molecule has 2 aromatic rings. The van der Waals surface area contributed by atoms with E-state index in [-0.39, 0.29) is 24.4 Å². The normalized spacial score (nSPS) is 30.9. The molecule has 0 unspecified atom stereocenters. The number of likely N-dealkylation sites (tertiary alicyclic amines) is 1. The smallest absolute Gasteiger partial charge is 0.246 e. The van der Waals surface area contributed by atoms with Crippen molar-refractivity contribution in [2.45, 2.75) is 68.9 Å². The summed E-state index contributed by atoms with van der Waals surface area (Å²) in [7, 11) is 0. The first kappa shape index (κ1) is 27.6. The summed E-state index contributed by atoms with van der Waals surface area (Å²) in [6.45, 7) is 1.91. The zero-order valence-corrected chi connectivity index (χ0v) is 24.2. The van der Waals surface area contributed by atoms with Gasteiger partial charge in [-0.3, -0.25) is 14.4 Å². The summed E-state index contributed by atoms with van der Waals surface area (Å²) in [6, 6.07) is 11.1. The molecule has 3 fully saturated rings. The number of fused-ring (bicyclic) bond motifs is 1. The zero-order valence-electron chi connectivity index (χ0n) is 22.0. The summed E-state index contributed by atoms with van der Waals surface area (Å²) in [5, 5.41) is 7.25. The number of carbonyl (C=O) groups is 3. The number of carbonyl (C=O) groups excluding carboxylic acids is 3. The van der Waals surface area contributed by atoms with Crippen LogP contribution in [0.25, 0.3) is 0 Å².